The minimum absolute atomic E-state index is 0.388. The lowest BCUT2D eigenvalue weighted by Crippen LogP contribution is -2.12. The van der Waals surface area contributed by atoms with Gasteiger partial charge in [-0.05, 0) is 29.3 Å². The molecule has 1 aliphatic rings. The van der Waals surface area contributed by atoms with Crippen molar-refractivity contribution in [2.75, 3.05) is 0 Å². The van der Waals surface area contributed by atoms with Crippen LogP contribution in [0, 0.1) is 5.92 Å². The fraction of sp³-hybridized carbons (Fsp3) is 0.643. The molecular formula is C14H20OS. The van der Waals surface area contributed by atoms with Gasteiger partial charge in [-0.3, -0.25) is 4.79 Å². The van der Waals surface area contributed by atoms with E-state index in [1.54, 1.807) is 11.3 Å². The van der Waals surface area contributed by atoms with E-state index in [-0.39, 0.29) is 0 Å². The lowest BCUT2D eigenvalue weighted by molar-refractivity contribution is 0.0953. The van der Waals surface area contributed by atoms with Crippen LogP contribution in [-0.4, -0.2) is 5.78 Å². The molecule has 1 heterocycles. The van der Waals surface area contributed by atoms with Gasteiger partial charge in [-0.2, -0.15) is 0 Å². The number of thiophene rings is 1. The number of ketones is 1. The first-order chi connectivity index (χ1) is 7.81. The molecule has 1 nitrogen and oxygen atoms in total. The van der Waals surface area contributed by atoms with Crippen molar-refractivity contribution in [2.45, 2.75) is 51.9 Å². The molecular weight excluding hydrogens is 216 g/mol. The molecule has 1 aromatic rings. The summed E-state index contributed by atoms with van der Waals surface area (Å²) in [6.45, 7) is 2.12. The van der Waals surface area contributed by atoms with E-state index < -0.39 is 0 Å². The van der Waals surface area contributed by atoms with Crippen molar-refractivity contribution in [3.05, 3.63) is 21.9 Å². The topological polar surface area (TPSA) is 17.1 Å². The Morgan fingerprint density at radius 3 is 2.81 bits per heavy atom. The van der Waals surface area contributed by atoms with Gasteiger partial charge in [0.1, 0.15) is 0 Å². The third kappa shape index (κ3) is 2.73. The van der Waals surface area contributed by atoms with Crippen LogP contribution in [0.2, 0.25) is 0 Å². The molecule has 88 valence electrons. The molecule has 1 fully saturated rings. The van der Waals surface area contributed by atoms with Gasteiger partial charge in [0.05, 0.1) is 4.88 Å². The molecule has 0 amide bonds. The Kier molecular flexibility index (Phi) is 4.16. The van der Waals surface area contributed by atoms with Crippen molar-refractivity contribution in [1.82, 2.24) is 0 Å². The third-order valence-electron chi connectivity index (χ3n) is 3.58. The maximum absolute atomic E-state index is 12.2. The standard InChI is InChI=1S/C14H20OS/c1-2-12-8-9-16-14(12)13(15)10-11-6-4-3-5-7-11/h8-9,11H,2-7,10H2,1H3. The Morgan fingerprint density at radius 2 is 2.12 bits per heavy atom. The SMILES string of the molecule is CCc1ccsc1C(=O)CC1CCCCC1. The Balaban J connectivity index is 1.96. The zero-order valence-electron chi connectivity index (χ0n) is 10.00. The fourth-order valence-electron chi connectivity index (χ4n) is 2.60. The van der Waals surface area contributed by atoms with Crippen molar-refractivity contribution >= 4 is 17.1 Å². The van der Waals surface area contributed by atoms with Gasteiger partial charge in [-0.25, -0.2) is 0 Å². The molecule has 0 aliphatic heterocycles. The minimum atomic E-state index is 0.388. The van der Waals surface area contributed by atoms with Gasteiger partial charge >= 0.3 is 0 Å². The summed E-state index contributed by atoms with van der Waals surface area (Å²) >= 11 is 1.62. The average molecular weight is 236 g/mol. The first-order valence-electron chi connectivity index (χ1n) is 6.40. The molecule has 0 bridgehead atoms. The minimum Gasteiger partial charge on any atom is -0.293 e. The zero-order valence-corrected chi connectivity index (χ0v) is 10.8. The second-order valence-corrected chi connectivity index (χ2v) is 5.68. The monoisotopic (exact) mass is 236 g/mol. The highest BCUT2D eigenvalue weighted by molar-refractivity contribution is 7.12. The number of rotatable bonds is 4. The van der Waals surface area contributed by atoms with E-state index in [9.17, 15) is 4.79 Å². The van der Waals surface area contributed by atoms with Crippen LogP contribution in [0.4, 0.5) is 0 Å². The summed E-state index contributed by atoms with van der Waals surface area (Å²) in [5, 5.41) is 2.05. The summed E-state index contributed by atoms with van der Waals surface area (Å²) in [6.07, 6.45) is 8.30. The van der Waals surface area contributed by atoms with Crippen molar-refractivity contribution < 1.29 is 4.79 Å². The van der Waals surface area contributed by atoms with Crippen LogP contribution in [0.15, 0.2) is 11.4 Å². The van der Waals surface area contributed by atoms with E-state index in [2.05, 4.69) is 13.0 Å². The predicted molar refractivity (Wildman–Crippen MR) is 69.2 cm³/mol. The second kappa shape index (κ2) is 5.62. The molecule has 0 unspecified atom stereocenters. The van der Waals surface area contributed by atoms with Crippen molar-refractivity contribution in [3.8, 4) is 0 Å². The van der Waals surface area contributed by atoms with Gasteiger partial charge < -0.3 is 0 Å². The molecule has 0 atom stereocenters. The van der Waals surface area contributed by atoms with E-state index in [0.29, 0.717) is 11.7 Å². The zero-order chi connectivity index (χ0) is 11.4. The van der Waals surface area contributed by atoms with Gasteiger partial charge in [-0.15, -0.1) is 11.3 Å². The Labute approximate surface area is 102 Å². The molecule has 0 saturated heterocycles. The van der Waals surface area contributed by atoms with Gasteiger partial charge in [0.2, 0.25) is 0 Å². The van der Waals surface area contributed by atoms with E-state index in [4.69, 9.17) is 0 Å². The fourth-order valence-corrected chi connectivity index (χ4v) is 3.55. The Morgan fingerprint density at radius 1 is 1.38 bits per heavy atom. The number of hydrogen-bond donors (Lipinski definition) is 0. The molecule has 0 aromatic carbocycles. The average Bonchev–Trinajstić information content (AvgIpc) is 2.78. The third-order valence-corrected chi connectivity index (χ3v) is 4.58. The lowest BCUT2D eigenvalue weighted by Gasteiger charge is -2.20. The van der Waals surface area contributed by atoms with Gasteiger partial charge in [0, 0.05) is 6.42 Å². The quantitative estimate of drug-likeness (QED) is 0.705. The number of carbonyl (C=O) groups is 1. The predicted octanol–water partition coefficient (Wildman–Crippen LogP) is 4.46. The molecule has 1 aromatic heterocycles. The summed E-state index contributed by atoms with van der Waals surface area (Å²) < 4.78 is 0. The maximum atomic E-state index is 12.2. The van der Waals surface area contributed by atoms with Crippen molar-refractivity contribution in [1.29, 1.82) is 0 Å². The largest absolute Gasteiger partial charge is 0.293 e. The Hall–Kier alpha value is -0.630. The highest BCUT2D eigenvalue weighted by Gasteiger charge is 2.19. The molecule has 2 rings (SSSR count). The molecule has 1 saturated carbocycles. The highest BCUT2D eigenvalue weighted by atomic mass is 32.1. The van der Waals surface area contributed by atoms with E-state index in [0.717, 1.165) is 17.7 Å². The number of carbonyl (C=O) groups excluding carboxylic acids is 1. The first kappa shape index (κ1) is 11.8. The van der Waals surface area contributed by atoms with E-state index in [1.165, 1.54) is 37.7 Å². The maximum Gasteiger partial charge on any atom is 0.173 e. The first-order valence-corrected chi connectivity index (χ1v) is 7.28. The van der Waals surface area contributed by atoms with Gasteiger partial charge in [-0.1, -0.05) is 39.0 Å². The smallest absolute Gasteiger partial charge is 0.173 e. The van der Waals surface area contributed by atoms with Crippen molar-refractivity contribution in [2.24, 2.45) is 5.92 Å². The van der Waals surface area contributed by atoms with Crippen molar-refractivity contribution in [3.63, 3.8) is 0 Å². The molecule has 0 N–H and O–H groups in total. The summed E-state index contributed by atoms with van der Waals surface area (Å²) in [7, 11) is 0. The summed E-state index contributed by atoms with van der Waals surface area (Å²) in [6, 6.07) is 2.10. The van der Waals surface area contributed by atoms with Crippen LogP contribution in [0.1, 0.15) is 60.7 Å². The van der Waals surface area contributed by atoms with Crippen LogP contribution in [0.3, 0.4) is 0 Å². The number of Topliss-reactive ketones (excluding diaryl/α,β-unsaturated/α-hetero) is 1. The second-order valence-electron chi connectivity index (χ2n) is 4.76. The van der Waals surface area contributed by atoms with Gasteiger partial charge in [0.25, 0.3) is 0 Å². The van der Waals surface area contributed by atoms with Crippen LogP contribution in [0.5, 0.6) is 0 Å². The highest BCUT2D eigenvalue weighted by Crippen LogP contribution is 2.29. The Bertz CT molecular complexity index is 347. The molecule has 0 spiro atoms. The lowest BCUT2D eigenvalue weighted by atomic mass is 9.85. The molecule has 1 aliphatic carbocycles. The van der Waals surface area contributed by atoms with E-state index in [1.807, 2.05) is 5.38 Å². The van der Waals surface area contributed by atoms with Crippen LogP contribution >= 0.6 is 11.3 Å². The van der Waals surface area contributed by atoms with Gasteiger partial charge in [0.15, 0.2) is 5.78 Å². The van der Waals surface area contributed by atoms with Crippen LogP contribution in [-0.2, 0) is 6.42 Å². The normalized spacial score (nSPS) is 17.6. The summed E-state index contributed by atoms with van der Waals surface area (Å²) in [5.74, 6) is 1.05. The van der Waals surface area contributed by atoms with E-state index >= 15 is 0 Å². The van der Waals surface area contributed by atoms with Crippen LogP contribution < -0.4 is 0 Å². The summed E-state index contributed by atoms with van der Waals surface area (Å²) in [4.78, 5) is 13.2. The number of hydrogen-bond acceptors (Lipinski definition) is 2. The molecule has 16 heavy (non-hydrogen) atoms. The molecule has 0 radical (unpaired) electrons. The van der Waals surface area contributed by atoms with Crippen LogP contribution in [0.25, 0.3) is 0 Å². The summed E-state index contributed by atoms with van der Waals surface area (Å²) in [5.41, 5.74) is 1.24. The number of aryl methyl sites for hydroxylation is 1. The molecule has 2 heteroatoms.